The van der Waals surface area contributed by atoms with Gasteiger partial charge in [-0.3, -0.25) is 9.59 Å². The maximum absolute atomic E-state index is 12.5. The van der Waals surface area contributed by atoms with E-state index in [1.54, 1.807) is 44.4 Å². The van der Waals surface area contributed by atoms with E-state index in [0.29, 0.717) is 30.1 Å². The number of nitrogens with zero attached hydrogens (tertiary/aromatic N) is 1. The Morgan fingerprint density at radius 3 is 2.14 bits per heavy atom. The minimum absolute atomic E-state index is 0.0948. The molecule has 154 valence electrons. The van der Waals surface area contributed by atoms with Crippen molar-refractivity contribution >= 4 is 17.8 Å². The molecule has 0 atom stereocenters. The van der Waals surface area contributed by atoms with Crippen LogP contribution in [0.25, 0.3) is 6.08 Å². The second kappa shape index (κ2) is 11.1. The lowest BCUT2D eigenvalue weighted by Crippen LogP contribution is -2.21. The van der Waals surface area contributed by atoms with E-state index in [9.17, 15) is 9.59 Å². The third-order valence-electron chi connectivity index (χ3n) is 4.16. The van der Waals surface area contributed by atoms with Crippen molar-refractivity contribution < 1.29 is 19.1 Å². The Balaban J connectivity index is 2.16. The number of ketones is 1. The highest BCUT2D eigenvalue weighted by molar-refractivity contribution is 6.07. The smallest absolute Gasteiger partial charge is 0.253 e. The molecule has 1 amide bonds. The number of hydrogen-bond donors (Lipinski definition) is 0. The first-order chi connectivity index (χ1) is 14.0. The van der Waals surface area contributed by atoms with Crippen LogP contribution in [0.15, 0.2) is 48.5 Å². The van der Waals surface area contributed by atoms with Gasteiger partial charge in [0.25, 0.3) is 5.91 Å². The number of carbonyl (C=O) groups is 2. The van der Waals surface area contributed by atoms with Gasteiger partial charge in [0.1, 0.15) is 11.5 Å². The number of amides is 1. The van der Waals surface area contributed by atoms with Crippen molar-refractivity contribution in [2.75, 3.05) is 27.3 Å². The lowest BCUT2D eigenvalue weighted by molar-refractivity contribution is 0.0827. The summed E-state index contributed by atoms with van der Waals surface area (Å²) >= 11 is 0. The summed E-state index contributed by atoms with van der Waals surface area (Å²) < 4.78 is 11.5. The third-order valence-corrected chi connectivity index (χ3v) is 4.16. The average Bonchev–Trinajstić information content (AvgIpc) is 2.74. The predicted molar refractivity (Wildman–Crippen MR) is 116 cm³/mol. The van der Waals surface area contributed by atoms with E-state index in [0.717, 1.165) is 24.2 Å². The van der Waals surface area contributed by atoms with Crippen LogP contribution in [-0.4, -0.2) is 43.9 Å². The lowest BCUT2D eigenvalue weighted by Gasteiger charge is -2.11. The Kier molecular flexibility index (Phi) is 8.46. The highest BCUT2D eigenvalue weighted by atomic mass is 16.5. The summed E-state index contributed by atoms with van der Waals surface area (Å²) in [7, 11) is 3.39. The van der Waals surface area contributed by atoms with Crippen LogP contribution in [0.2, 0.25) is 0 Å². The second-order valence-electron chi connectivity index (χ2n) is 6.87. The Labute approximate surface area is 172 Å². The Morgan fingerprint density at radius 1 is 0.897 bits per heavy atom. The zero-order chi connectivity index (χ0) is 21.2. The van der Waals surface area contributed by atoms with E-state index in [1.807, 2.05) is 25.1 Å². The van der Waals surface area contributed by atoms with Gasteiger partial charge in [-0.25, -0.2) is 0 Å². The fraction of sp³-hybridized carbons (Fsp3) is 0.333. The van der Waals surface area contributed by atoms with Crippen molar-refractivity contribution in [3.8, 4) is 11.5 Å². The van der Waals surface area contributed by atoms with Gasteiger partial charge in [0, 0.05) is 36.9 Å². The molecular weight excluding hydrogens is 366 g/mol. The summed E-state index contributed by atoms with van der Waals surface area (Å²) in [6, 6.07) is 12.3. The molecule has 0 aliphatic carbocycles. The van der Waals surface area contributed by atoms with Crippen LogP contribution in [0.1, 0.15) is 53.0 Å². The van der Waals surface area contributed by atoms with Crippen molar-refractivity contribution in [3.05, 3.63) is 65.2 Å². The largest absolute Gasteiger partial charge is 0.493 e. The first-order valence-corrected chi connectivity index (χ1v) is 9.90. The van der Waals surface area contributed by atoms with Gasteiger partial charge >= 0.3 is 0 Å². The maximum atomic E-state index is 12.5. The molecule has 0 aliphatic heterocycles. The van der Waals surface area contributed by atoms with Crippen LogP contribution in [-0.2, 0) is 0 Å². The molecule has 0 unspecified atom stereocenters. The molecule has 0 spiro atoms. The molecule has 5 nitrogen and oxygen atoms in total. The maximum Gasteiger partial charge on any atom is 0.253 e. The summed E-state index contributed by atoms with van der Waals surface area (Å²) in [5.41, 5.74) is 1.89. The molecule has 5 heteroatoms. The van der Waals surface area contributed by atoms with E-state index in [-0.39, 0.29) is 11.7 Å². The molecule has 0 fully saturated rings. The summed E-state index contributed by atoms with van der Waals surface area (Å²) in [5.74, 6) is 1.21. The zero-order valence-corrected chi connectivity index (χ0v) is 17.6. The minimum Gasteiger partial charge on any atom is -0.493 e. The first-order valence-electron chi connectivity index (χ1n) is 9.90. The standard InChI is InChI=1S/C24H29NO4/c1-5-15-28-21-13-11-19(23(17-21)29-16-6-2)12-14-22(26)18-7-9-20(10-8-18)24(27)25(3)4/h7-14,17H,5-6,15-16H2,1-4H3/b14-12+. The Hall–Kier alpha value is -3.08. The molecule has 0 heterocycles. The molecule has 2 aromatic carbocycles. The van der Waals surface area contributed by atoms with E-state index in [4.69, 9.17) is 9.47 Å². The summed E-state index contributed by atoms with van der Waals surface area (Å²) in [6.07, 6.45) is 5.08. The minimum atomic E-state index is -0.137. The van der Waals surface area contributed by atoms with Gasteiger partial charge in [0.05, 0.1) is 13.2 Å². The van der Waals surface area contributed by atoms with E-state index in [1.165, 1.54) is 11.0 Å². The number of rotatable bonds is 10. The SMILES string of the molecule is CCCOc1ccc(/C=C/C(=O)c2ccc(C(=O)N(C)C)cc2)c(OCCC)c1. The van der Waals surface area contributed by atoms with E-state index < -0.39 is 0 Å². The average molecular weight is 395 g/mol. The molecule has 0 aromatic heterocycles. The Bertz CT molecular complexity index is 854. The number of benzene rings is 2. The van der Waals surface area contributed by atoms with Gasteiger partial charge in [-0.2, -0.15) is 0 Å². The van der Waals surface area contributed by atoms with Gasteiger partial charge in [-0.15, -0.1) is 0 Å². The van der Waals surface area contributed by atoms with Gasteiger partial charge in [0.2, 0.25) is 0 Å². The normalized spacial score (nSPS) is 10.8. The van der Waals surface area contributed by atoms with Gasteiger partial charge < -0.3 is 14.4 Å². The van der Waals surface area contributed by atoms with E-state index in [2.05, 4.69) is 6.92 Å². The van der Waals surface area contributed by atoms with Crippen molar-refractivity contribution in [1.82, 2.24) is 4.90 Å². The van der Waals surface area contributed by atoms with Crippen molar-refractivity contribution in [2.45, 2.75) is 26.7 Å². The molecule has 2 aromatic rings. The molecule has 0 N–H and O–H groups in total. The summed E-state index contributed by atoms with van der Waals surface area (Å²) in [4.78, 5) is 26.0. The van der Waals surface area contributed by atoms with Gasteiger partial charge in [-0.05, 0) is 49.3 Å². The number of allylic oxidation sites excluding steroid dienone is 1. The number of ether oxygens (including phenoxy) is 2. The monoisotopic (exact) mass is 395 g/mol. The molecule has 2 rings (SSSR count). The topological polar surface area (TPSA) is 55.8 Å². The molecule has 0 saturated heterocycles. The van der Waals surface area contributed by atoms with Crippen molar-refractivity contribution in [1.29, 1.82) is 0 Å². The van der Waals surface area contributed by atoms with Crippen LogP contribution < -0.4 is 9.47 Å². The highest BCUT2D eigenvalue weighted by Gasteiger charge is 2.10. The molecule has 0 aliphatic rings. The van der Waals surface area contributed by atoms with Crippen molar-refractivity contribution in [2.24, 2.45) is 0 Å². The summed E-state index contributed by atoms with van der Waals surface area (Å²) in [6.45, 7) is 5.34. The molecule has 0 bridgehead atoms. The van der Waals surface area contributed by atoms with Gasteiger partial charge in [0.15, 0.2) is 5.78 Å². The van der Waals surface area contributed by atoms with Crippen LogP contribution >= 0.6 is 0 Å². The van der Waals surface area contributed by atoms with Crippen LogP contribution in [0.3, 0.4) is 0 Å². The molecular formula is C24H29NO4. The zero-order valence-electron chi connectivity index (χ0n) is 17.6. The lowest BCUT2D eigenvalue weighted by atomic mass is 10.1. The van der Waals surface area contributed by atoms with Crippen LogP contribution in [0.5, 0.6) is 11.5 Å². The molecule has 0 radical (unpaired) electrons. The van der Waals surface area contributed by atoms with Crippen molar-refractivity contribution in [3.63, 3.8) is 0 Å². The summed E-state index contributed by atoms with van der Waals surface area (Å²) in [5, 5.41) is 0. The van der Waals surface area contributed by atoms with Crippen LogP contribution in [0.4, 0.5) is 0 Å². The number of carbonyl (C=O) groups excluding carboxylic acids is 2. The molecule has 0 saturated carbocycles. The quantitative estimate of drug-likeness (QED) is 0.426. The molecule has 29 heavy (non-hydrogen) atoms. The first kappa shape index (κ1) is 22.2. The van der Waals surface area contributed by atoms with E-state index >= 15 is 0 Å². The van der Waals surface area contributed by atoms with Gasteiger partial charge in [-0.1, -0.05) is 26.0 Å². The van der Waals surface area contributed by atoms with Crippen LogP contribution in [0, 0.1) is 0 Å². The second-order valence-corrected chi connectivity index (χ2v) is 6.87. The highest BCUT2D eigenvalue weighted by Crippen LogP contribution is 2.27. The fourth-order valence-electron chi connectivity index (χ4n) is 2.60. The fourth-order valence-corrected chi connectivity index (χ4v) is 2.60. The Morgan fingerprint density at radius 2 is 1.52 bits per heavy atom. The third kappa shape index (κ3) is 6.49. The number of hydrogen-bond acceptors (Lipinski definition) is 4. The predicted octanol–water partition coefficient (Wildman–Crippen LogP) is 4.86.